The van der Waals surface area contributed by atoms with Gasteiger partial charge in [-0.15, -0.1) is 0 Å². The number of nitrogens with zero attached hydrogens (tertiary/aromatic N) is 3. The Bertz CT molecular complexity index is 957. The molecular weight excluding hydrogens is 356 g/mol. The zero-order valence-corrected chi connectivity index (χ0v) is 16.5. The summed E-state index contributed by atoms with van der Waals surface area (Å²) in [5.41, 5.74) is 3.08. The molecule has 0 atom stereocenters. The van der Waals surface area contributed by atoms with Gasteiger partial charge in [0.2, 0.25) is 4.77 Å². The molecule has 0 aliphatic carbocycles. The molecule has 1 N–H and O–H groups in total. The number of ether oxygens (including phenoxy) is 1. The molecule has 0 aliphatic rings. The molecule has 0 fully saturated rings. The lowest BCUT2D eigenvalue weighted by atomic mass is 10.1. The highest BCUT2D eigenvalue weighted by atomic mass is 32.1. The van der Waals surface area contributed by atoms with Crippen LogP contribution < -0.4 is 4.74 Å². The Morgan fingerprint density at radius 3 is 2.67 bits per heavy atom. The van der Waals surface area contributed by atoms with Gasteiger partial charge in [-0.05, 0) is 61.0 Å². The molecule has 6 heteroatoms. The van der Waals surface area contributed by atoms with Gasteiger partial charge < -0.3 is 4.74 Å². The van der Waals surface area contributed by atoms with E-state index in [9.17, 15) is 0 Å². The fourth-order valence-electron chi connectivity index (χ4n) is 2.71. The van der Waals surface area contributed by atoms with E-state index in [1.54, 1.807) is 10.9 Å². The van der Waals surface area contributed by atoms with Crippen molar-refractivity contribution >= 4 is 18.4 Å². The molecule has 3 rings (SSSR count). The van der Waals surface area contributed by atoms with E-state index in [2.05, 4.69) is 22.2 Å². The summed E-state index contributed by atoms with van der Waals surface area (Å²) in [5.74, 6) is 1.58. The first-order valence-corrected chi connectivity index (χ1v) is 9.60. The Hall–Kier alpha value is -2.73. The highest BCUT2D eigenvalue weighted by Crippen LogP contribution is 2.21. The predicted molar refractivity (Wildman–Crippen MR) is 112 cm³/mol. The third-order valence-corrected chi connectivity index (χ3v) is 4.52. The molecule has 0 amide bonds. The number of hydrogen-bond acceptors (Lipinski definition) is 4. The van der Waals surface area contributed by atoms with Crippen molar-refractivity contribution in [3.63, 3.8) is 0 Å². The molecule has 1 aromatic heterocycles. The van der Waals surface area contributed by atoms with Crippen molar-refractivity contribution in [2.45, 2.75) is 33.1 Å². The maximum Gasteiger partial charge on any atom is 0.216 e. The Morgan fingerprint density at radius 1 is 1.15 bits per heavy atom. The van der Waals surface area contributed by atoms with Crippen molar-refractivity contribution in [2.75, 3.05) is 6.61 Å². The van der Waals surface area contributed by atoms with E-state index < -0.39 is 0 Å². The number of H-pyrrole nitrogens is 1. The summed E-state index contributed by atoms with van der Waals surface area (Å²) in [5, 5.41) is 11.7. The molecule has 0 unspecified atom stereocenters. The van der Waals surface area contributed by atoms with Crippen LogP contribution in [0.3, 0.4) is 0 Å². The maximum atomic E-state index is 5.74. The summed E-state index contributed by atoms with van der Waals surface area (Å²) < 4.78 is 7.85. The van der Waals surface area contributed by atoms with Gasteiger partial charge in [0, 0.05) is 5.56 Å². The molecule has 0 bridgehead atoms. The number of benzene rings is 2. The Labute approximate surface area is 164 Å². The number of aromatic amines is 1. The lowest BCUT2D eigenvalue weighted by Crippen LogP contribution is -1.98. The number of rotatable bonds is 8. The summed E-state index contributed by atoms with van der Waals surface area (Å²) in [4.78, 5) is 0. The smallest absolute Gasteiger partial charge is 0.216 e. The standard InChI is InChI=1S/C21H24N4OS/c1-3-4-7-14-26-18-12-10-17(11-13-18)15-22-25-20(23-24-21(25)27)19-9-6-5-8-16(19)2/h5-6,8-13,15H,3-4,7,14H2,1-2H3,(H,24,27). The van der Waals surface area contributed by atoms with Crippen LogP contribution in [0, 0.1) is 11.7 Å². The van der Waals surface area contributed by atoms with Gasteiger partial charge in [-0.3, -0.25) is 0 Å². The third-order valence-electron chi connectivity index (χ3n) is 4.26. The van der Waals surface area contributed by atoms with Crippen LogP contribution in [0.5, 0.6) is 5.75 Å². The summed E-state index contributed by atoms with van der Waals surface area (Å²) >= 11 is 5.33. The first-order valence-electron chi connectivity index (χ1n) is 9.19. The second-order valence-corrected chi connectivity index (χ2v) is 6.73. The first-order chi connectivity index (χ1) is 13.2. The summed E-state index contributed by atoms with van der Waals surface area (Å²) in [6, 6.07) is 15.9. The fraction of sp³-hybridized carbons (Fsp3) is 0.286. The van der Waals surface area contributed by atoms with Crippen LogP contribution in [-0.2, 0) is 0 Å². The minimum absolute atomic E-state index is 0.459. The molecule has 3 aromatic rings. The molecular formula is C21H24N4OS. The van der Waals surface area contributed by atoms with E-state index in [1.807, 2.05) is 55.5 Å². The molecule has 0 saturated heterocycles. The van der Waals surface area contributed by atoms with Crippen molar-refractivity contribution in [2.24, 2.45) is 5.10 Å². The van der Waals surface area contributed by atoms with Crippen molar-refractivity contribution in [1.29, 1.82) is 0 Å². The number of nitrogens with one attached hydrogen (secondary N) is 1. The van der Waals surface area contributed by atoms with Gasteiger partial charge in [0.15, 0.2) is 5.82 Å². The van der Waals surface area contributed by atoms with Gasteiger partial charge in [-0.1, -0.05) is 44.0 Å². The van der Waals surface area contributed by atoms with Crippen LogP contribution in [0.4, 0.5) is 0 Å². The SMILES string of the molecule is CCCCCOc1ccc(C=Nn2c(-c3ccccc3C)n[nH]c2=S)cc1. The van der Waals surface area contributed by atoms with Gasteiger partial charge in [0.1, 0.15) is 5.75 Å². The normalized spacial score (nSPS) is 11.2. The van der Waals surface area contributed by atoms with Gasteiger partial charge in [-0.2, -0.15) is 14.9 Å². The summed E-state index contributed by atoms with van der Waals surface area (Å²) in [6.45, 7) is 4.98. The van der Waals surface area contributed by atoms with Crippen molar-refractivity contribution in [1.82, 2.24) is 14.9 Å². The maximum absolute atomic E-state index is 5.74. The van der Waals surface area contributed by atoms with Gasteiger partial charge >= 0.3 is 0 Å². The summed E-state index contributed by atoms with van der Waals surface area (Å²) in [6.07, 6.45) is 5.24. The zero-order chi connectivity index (χ0) is 19.1. The van der Waals surface area contributed by atoms with Crippen LogP contribution in [0.1, 0.15) is 37.3 Å². The van der Waals surface area contributed by atoms with E-state index >= 15 is 0 Å². The van der Waals surface area contributed by atoms with E-state index in [-0.39, 0.29) is 0 Å². The average Bonchev–Trinajstić information content (AvgIpc) is 3.05. The average molecular weight is 381 g/mol. The Balaban J connectivity index is 1.74. The highest BCUT2D eigenvalue weighted by Gasteiger charge is 2.10. The topological polar surface area (TPSA) is 55.2 Å². The lowest BCUT2D eigenvalue weighted by molar-refractivity contribution is 0.306. The van der Waals surface area contributed by atoms with Gasteiger partial charge in [-0.25, -0.2) is 5.10 Å². The van der Waals surface area contributed by atoms with Gasteiger partial charge in [0.25, 0.3) is 0 Å². The largest absolute Gasteiger partial charge is 0.494 e. The first kappa shape index (κ1) is 19.0. The van der Waals surface area contributed by atoms with Crippen molar-refractivity contribution in [3.05, 3.63) is 64.4 Å². The second kappa shape index (κ2) is 9.28. The Morgan fingerprint density at radius 2 is 1.93 bits per heavy atom. The highest BCUT2D eigenvalue weighted by molar-refractivity contribution is 7.71. The van der Waals surface area contributed by atoms with Crippen LogP contribution in [0.25, 0.3) is 11.4 Å². The lowest BCUT2D eigenvalue weighted by Gasteiger charge is -2.06. The summed E-state index contributed by atoms with van der Waals surface area (Å²) in [7, 11) is 0. The number of unbranched alkanes of at least 4 members (excludes halogenated alkanes) is 2. The molecule has 0 aliphatic heterocycles. The quantitative estimate of drug-likeness (QED) is 0.325. The van der Waals surface area contributed by atoms with E-state index in [0.717, 1.165) is 35.5 Å². The molecule has 5 nitrogen and oxygen atoms in total. The fourth-order valence-corrected chi connectivity index (χ4v) is 2.89. The monoisotopic (exact) mass is 380 g/mol. The second-order valence-electron chi connectivity index (χ2n) is 6.35. The molecule has 1 heterocycles. The minimum atomic E-state index is 0.459. The predicted octanol–water partition coefficient (Wildman–Crippen LogP) is 5.37. The van der Waals surface area contributed by atoms with E-state index in [0.29, 0.717) is 10.6 Å². The molecule has 2 aromatic carbocycles. The van der Waals surface area contributed by atoms with Gasteiger partial charge in [0.05, 0.1) is 12.8 Å². The number of aryl methyl sites for hydroxylation is 1. The van der Waals surface area contributed by atoms with Crippen LogP contribution in [0.2, 0.25) is 0 Å². The molecule has 0 saturated carbocycles. The molecule has 0 spiro atoms. The van der Waals surface area contributed by atoms with Crippen molar-refractivity contribution in [3.8, 4) is 17.1 Å². The number of hydrogen-bond donors (Lipinski definition) is 1. The van der Waals surface area contributed by atoms with E-state index in [1.165, 1.54) is 12.8 Å². The molecule has 140 valence electrons. The Kier molecular flexibility index (Phi) is 6.54. The van der Waals surface area contributed by atoms with Crippen LogP contribution in [-0.4, -0.2) is 27.7 Å². The number of aromatic nitrogens is 3. The molecule has 0 radical (unpaired) electrons. The minimum Gasteiger partial charge on any atom is -0.494 e. The molecule has 27 heavy (non-hydrogen) atoms. The zero-order valence-electron chi connectivity index (χ0n) is 15.7. The van der Waals surface area contributed by atoms with Crippen LogP contribution in [0.15, 0.2) is 53.6 Å². The third kappa shape index (κ3) is 4.92. The van der Waals surface area contributed by atoms with E-state index in [4.69, 9.17) is 17.0 Å². The van der Waals surface area contributed by atoms with Crippen molar-refractivity contribution < 1.29 is 4.74 Å². The van der Waals surface area contributed by atoms with Crippen LogP contribution >= 0.6 is 12.2 Å².